The van der Waals surface area contributed by atoms with E-state index in [2.05, 4.69) is 30.2 Å². The molecule has 1 heterocycles. The second-order valence-corrected chi connectivity index (χ2v) is 5.88. The molecule has 0 radical (unpaired) electrons. The fraction of sp³-hybridized carbons (Fsp3) is 0.471. The van der Waals surface area contributed by atoms with Crippen LogP contribution in [0.5, 0.6) is 5.75 Å². The van der Waals surface area contributed by atoms with Gasteiger partial charge in [0.15, 0.2) is 0 Å². The van der Waals surface area contributed by atoms with Crippen molar-refractivity contribution in [1.82, 2.24) is 4.98 Å². The molecule has 0 aliphatic heterocycles. The summed E-state index contributed by atoms with van der Waals surface area (Å²) in [7, 11) is 1.71. The smallest absolute Gasteiger partial charge is 0.134 e. The molecule has 1 N–H and O–H groups in total. The first kappa shape index (κ1) is 13.2. The Morgan fingerprint density at radius 1 is 1.15 bits per heavy atom. The minimum Gasteiger partial charge on any atom is -0.496 e. The molecule has 0 spiro atoms. The fourth-order valence-corrected chi connectivity index (χ4v) is 3.22. The van der Waals surface area contributed by atoms with Gasteiger partial charge in [0, 0.05) is 23.0 Å². The van der Waals surface area contributed by atoms with Gasteiger partial charge in [0.25, 0.3) is 0 Å². The first-order valence-corrected chi connectivity index (χ1v) is 7.39. The van der Waals surface area contributed by atoms with Gasteiger partial charge in [0.05, 0.1) is 7.11 Å². The van der Waals surface area contributed by atoms with Crippen molar-refractivity contribution in [2.24, 2.45) is 11.8 Å². The van der Waals surface area contributed by atoms with Gasteiger partial charge in [-0.05, 0) is 36.8 Å². The van der Waals surface area contributed by atoms with E-state index < -0.39 is 0 Å². The van der Waals surface area contributed by atoms with Crippen LogP contribution in [0.4, 0.5) is 5.82 Å². The second-order valence-electron chi connectivity index (χ2n) is 5.88. The number of anilines is 1. The maximum Gasteiger partial charge on any atom is 0.134 e. The van der Waals surface area contributed by atoms with Gasteiger partial charge in [0.2, 0.25) is 0 Å². The average molecular weight is 270 g/mol. The molecule has 3 heteroatoms. The Labute approximate surface area is 120 Å². The number of methoxy groups -OCH3 is 1. The number of fused-ring (bicyclic) bond motifs is 1. The third-order valence-electron chi connectivity index (χ3n) is 4.77. The van der Waals surface area contributed by atoms with E-state index >= 15 is 0 Å². The largest absolute Gasteiger partial charge is 0.496 e. The molecule has 1 fully saturated rings. The Morgan fingerprint density at radius 2 is 2.00 bits per heavy atom. The molecule has 0 saturated heterocycles. The summed E-state index contributed by atoms with van der Waals surface area (Å²) in [6.07, 6.45) is 4.38. The number of aromatic nitrogens is 1. The van der Waals surface area contributed by atoms with Crippen molar-refractivity contribution in [1.29, 1.82) is 0 Å². The highest BCUT2D eigenvalue weighted by molar-refractivity contribution is 5.95. The monoisotopic (exact) mass is 270 g/mol. The lowest BCUT2D eigenvalue weighted by molar-refractivity contribution is 0.420. The second kappa shape index (κ2) is 5.31. The number of hydrogen-bond donors (Lipinski definition) is 1. The lowest BCUT2D eigenvalue weighted by atomic mass is 9.97. The molecule has 1 saturated carbocycles. The van der Waals surface area contributed by atoms with E-state index in [1.807, 2.05) is 24.4 Å². The zero-order valence-electron chi connectivity index (χ0n) is 12.4. The number of rotatable bonds is 3. The van der Waals surface area contributed by atoms with Crippen LogP contribution in [-0.4, -0.2) is 18.1 Å². The molecule has 0 bridgehead atoms. The first-order valence-electron chi connectivity index (χ1n) is 7.39. The topological polar surface area (TPSA) is 34.1 Å². The molecule has 3 rings (SSSR count). The highest BCUT2D eigenvalue weighted by Crippen LogP contribution is 2.35. The quantitative estimate of drug-likeness (QED) is 0.912. The van der Waals surface area contributed by atoms with Crippen LogP contribution in [0.15, 0.2) is 30.5 Å². The summed E-state index contributed by atoms with van der Waals surface area (Å²) >= 11 is 0. The van der Waals surface area contributed by atoms with Gasteiger partial charge in [0.1, 0.15) is 11.6 Å². The Morgan fingerprint density at radius 3 is 2.70 bits per heavy atom. The van der Waals surface area contributed by atoms with E-state index in [0.717, 1.165) is 28.3 Å². The van der Waals surface area contributed by atoms with Gasteiger partial charge in [-0.3, -0.25) is 0 Å². The van der Waals surface area contributed by atoms with Crippen LogP contribution in [0.2, 0.25) is 0 Å². The molecule has 3 atom stereocenters. The fourth-order valence-electron chi connectivity index (χ4n) is 3.22. The summed E-state index contributed by atoms with van der Waals surface area (Å²) < 4.78 is 5.44. The third-order valence-corrected chi connectivity index (χ3v) is 4.77. The van der Waals surface area contributed by atoms with Crippen LogP contribution >= 0.6 is 0 Å². The molecule has 3 nitrogen and oxygen atoms in total. The maximum atomic E-state index is 5.44. The minimum atomic E-state index is 0.523. The van der Waals surface area contributed by atoms with Gasteiger partial charge < -0.3 is 10.1 Å². The Balaban J connectivity index is 1.96. The summed E-state index contributed by atoms with van der Waals surface area (Å²) in [5.41, 5.74) is 0. The van der Waals surface area contributed by atoms with Crippen molar-refractivity contribution in [3.05, 3.63) is 30.5 Å². The van der Waals surface area contributed by atoms with Gasteiger partial charge in [-0.2, -0.15) is 0 Å². The van der Waals surface area contributed by atoms with Gasteiger partial charge >= 0.3 is 0 Å². The summed E-state index contributed by atoms with van der Waals surface area (Å²) in [5, 5.41) is 5.90. The molecule has 1 aromatic heterocycles. The molecular weight excluding hydrogens is 248 g/mol. The van der Waals surface area contributed by atoms with Crippen molar-refractivity contribution >= 4 is 16.6 Å². The highest BCUT2D eigenvalue weighted by Gasteiger charge is 2.30. The lowest BCUT2D eigenvalue weighted by Gasteiger charge is -2.21. The Bertz CT molecular complexity index is 611. The molecule has 1 aromatic carbocycles. The van der Waals surface area contributed by atoms with Crippen LogP contribution in [-0.2, 0) is 0 Å². The molecule has 106 valence electrons. The molecule has 1 aliphatic carbocycles. The van der Waals surface area contributed by atoms with Gasteiger partial charge in [-0.1, -0.05) is 26.0 Å². The van der Waals surface area contributed by atoms with E-state index in [-0.39, 0.29) is 0 Å². The Kier molecular flexibility index (Phi) is 3.51. The SMILES string of the molecule is COc1cccc2c(NC3CCC(C)C3C)nccc12. The summed E-state index contributed by atoms with van der Waals surface area (Å²) in [5.74, 6) is 3.36. The van der Waals surface area contributed by atoms with Gasteiger partial charge in [-0.25, -0.2) is 4.98 Å². The normalized spacial score (nSPS) is 25.9. The molecule has 0 amide bonds. The predicted molar refractivity (Wildman–Crippen MR) is 83.3 cm³/mol. The van der Waals surface area contributed by atoms with Crippen molar-refractivity contribution in [2.75, 3.05) is 12.4 Å². The molecule has 1 aliphatic rings. The Hall–Kier alpha value is -1.77. The number of pyridine rings is 1. The summed E-state index contributed by atoms with van der Waals surface area (Å²) in [4.78, 5) is 4.54. The number of nitrogens with zero attached hydrogens (tertiary/aromatic N) is 1. The van der Waals surface area contributed by atoms with E-state index in [1.54, 1.807) is 7.11 Å². The predicted octanol–water partition coefficient (Wildman–Crippen LogP) is 4.09. The maximum absolute atomic E-state index is 5.44. The zero-order chi connectivity index (χ0) is 14.1. The first-order chi connectivity index (χ1) is 9.70. The molecule has 2 aromatic rings. The minimum absolute atomic E-state index is 0.523. The average Bonchev–Trinajstić information content (AvgIpc) is 2.79. The number of benzene rings is 1. The molecule has 20 heavy (non-hydrogen) atoms. The molecule has 3 unspecified atom stereocenters. The van der Waals surface area contributed by atoms with Crippen molar-refractivity contribution in [3.63, 3.8) is 0 Å². The van der Waals surface area contributed by atoms with Crippen LogP contribution in [0.3, 0.4) is 0 Å². The van der Waals surface area contributed by atoms with E-state index in [1.165, 1.54) is 12.8 Å². The van der Waals surface area contributed by atoms with E-state index in [0.29, 0.717) is 12.0 Å². The third kappa shape index (κ3) is 2.21. The lowest BCUT2D eigenvalue weighted by Crippen LogP contribution is -2.24. The van der Waals surface area contributed by atoms with Crippen LogP contribution in [0, 0.1) is 11.8 Å². The van der Waals surface area contributed by atoms with Gasteiger partial charge in [-0.15, -0.1) is 0 Å². The van der Waals surface area contributed by atoms with Crippen LogP contribution < -0.4 is 10.1 Å². The number of nitrogens with one attached hydrogen (secondary N) is 1. The van der Waals surface area contributed by atoms with E-state index in [4.69, 9.17) is 4.74 Å². The molecular formula is C17H22N2O. The number of ether oxygens (including phenoxy) is 1. The van der Waals surface area contributed by atoms with Crippen molar-refractivity contribution in [2.45, 2.75) is 32.7 Å². The van der Waals surface area contributed by atoms with Crippen molar-refractivity contribution < 1.29 is 4.74 Å². The van der Waals surface area contributed by atoms with Crippen LogP contribution in [0.1, 0.15) is 26.7 Å². The van der Waals surface area contributed by atoms with E-state index in [9.17, 15) is 0 Å². The summed E-state index contributed by atoms with van der Waals surface area (Å²) in [6.45, 7) is 4.67. The van der Waals surface area contributed by atoms with Crippen LogP contribution in [0.25, 0.3) is 10.8 Å². The highest BCUT2D eigenvalue weighted by atomic mass is 16.5. The zero-order valence-corrected chi connectivity index (χ0v) is 12.4. The summed E-state index contributed by atoms with van der Waals surface area (Å²) in [6, 6.07) is 8.66. The van der Waals surface area contributed by atoms with Crippen molar-refractivity contribution in [3.8, 4) is 5.75 Å². The number of hydrogen-bond acceptors (Lipinski definition) is 3. The standard InChI is InChI=1S/C17H22N2O/c1-11-7-8-15(12(11)2)19-17-14-5-4-6-16(20-3)13(14)9-10-18-17/h4-6,9-12,15H,7-8H2,1-3H3,(H,18,19).